The number of rotatable bonds is 9. The fourth-order valence-electron chi connectivity index (χ4n) is 3.25. The summed E-state index contributed by atoms with van der Waals surface area (Å²) in [7, 11) is -1.96. The number of carbonyl (C=O) groups is 3. The van der Waals surface area contributed by atoms with Crippen molar-refractivity contribution in [3.63, 3.8) is 0 Å². The molecule has 0 aliphatic carbocycles. The fourth-order valence-corrected chi connectivity index (χ4v) is 4.51. The van der Waals surface area contributed by atoms with Gasteiger partial charge in [0.2, 0.25) is 0 Å². The van der Waals surface area contributed by atoms with Crippen molar-refractivity contribution in [1.82, 2.24) is 0 Å². The van der Waals surface area contributed by atoms with Gasteiger partial charge >= 0.3 is 11.9 Å². The number of hydrogen-bond acceptors (Lipinski definition) is 8. The first-order valence-corrected chi connectivity index (χ1v) is 12.6. The number of halogens is 1. The molecule has 0 fully saturated rings. The van der Waals surface area contributed by atoms with Gasteiger partial charge in [0.05, 0.1) is 48.2 Å². The van der Waals surface area contributed by atoms with Gasteiger partial charge in [0, 0.05) is 10.6 Å². The first-order chi connectivity index (χ1) is 17.6. The summed E-state index contributed by atoms with van der Waals surface area (Å²) in [6.45, 7) is 2.00. The SMILES string of the molecule is CCOc1ccc(S(=O)(=O)Nc2cc(C(=O)OC)cc(C(=O)OC)c2)cc1NC(=O)c1cccc(Cl)c1. The van der Waals surface area contributed by atoms with Crippen LogP contribution < -0.4 is 14.8 Å². The van der Waals surface area contributed by atoms with Crippen molar-refractivity contribution >= 4 is 50.8 Å². The number of carbonyl (C=O) groups excluding carboxylic acids is 3. The van der Waals surface area contributed by atoms with Gasteiger partial charge in [-0.05, 0) is 61.5 Å². The third-order valence-corrected chi connectivity index (χ3v) is 6.54. The van der Waals surface area contributed by atoms with Crippen molar-refractivity contribution in [2.24, 2.45) is 0 Å². The zero-order valence-corrected chi connectivity index (χ0v) is 21.6. The monoisotopic (exact) mass is 546 g/mol. The topological polar surface area (TPSA) is 137 Å². The highest BCUT2D eigenvalue weighted by Crippen LogP contribution is 2.30. The van der Waals surface area contributed by atoms with Crippen LogP contribution in [0.3, 0.4) is 0 Å². The lowest BCUT2D eigenvalue weighted by molar-refractivity contribution is 0.0599. The molecule has 3 aromatic carbocycles. The zero-order valence-electron chi connectivity index (χ0n) is 20.0. The molecule has 0 unspecified atom stereocenters. The van der Waals surface area contributed by atoms with E-state index in [-0.39, 0.29) is 45.3 Å². The molecular formula is C25H23ClN2O8S. The van der Waals surface area contributed by atoms with Crippen LogP contribution in [0.25, 0.3) is 0 Å². The number of nitrogens with one attached hydrogen (secondary N) is 2. The van der Waals surface area contributed by atoms with Gasteiger partial charge in [-0.15, -0.1) is 0 Å². The Morgan fingerprint density at radius 2 is 1.51 bits per heavy atom. The summed E-state index contributed by atoms with van der Waals surface area (Å²) in [5, 5.41) is 3.00. The number of benzene rings is 3. The van der Waals surface area contributed by atoms with E-state index in [1.54, 1.807) is 25.1 Å². The van der Waals surface area contributed by atoms with Crippen LogP contribution in [0.4, 0.5) is 11.4 Å². The number of hydrogen-bond donors (Lipinski definition) is 2. The first-order valence-electron chi connectivity index (χ1n) is 10.8. The Kier molecular flexibility index (Phi) is 8.74. The highest BCUT2D eigenvalue weighted by atomic mass is 35.5. The Morgan fingerprint density at radius 1 is 0.865 bits per heavy atom. The first kappa shape index (κ1) is 27.5. The molecular weight excluding hydrogens is 524 g/mol. The highest BCUT2D eigenvalue weighted by molar-refractivity contribution is 7.92. The normalized spacial score (nSPS) is 10.8. The summed E-state index contributed by atoms with van der Waals surface area (Å²) < 4.78 is 43.6. The van der Waals surface area contributed by atoms with Gasteiger partial charge in [0.1, 0.15) is 5.75 Å². The Hall–Kier alpha value is -4.09. The average Bonchev–Trinajstić information content (AvgIpc) is 2.88. The van der Waals surface area contributed by atoms with Crippen molar-refractivity contribution < 1.29 is 37.0 Å². The number of esters is 2. The van der Waals surface area contributed by atoms with Crippen molar-refractivity contribution in [3.8, 4) is 5.75 Å². The molecule has 0 bridgehead atoms. The predicted octanol–water partition coefficient (Wildman–Crippen LogP) is 4.37. The Balaban J connectivity index is 1.98. The van der Waals surface area contributed by atoms with Crippen LogP contribution >= 0.6 is 11.6 Å². The largest absolute Gasteiger partial charge is 0.492 e. The van der Waals surface area contributed by atoms with Crippen molar-refractivity contribution in [1.29, 1.82) is 0 Å². The molecule has 0 saturated carbocycles. The van der Waals surface area contributed by atoms with Gasteiger partial charge in [-0.1, -0.05) is 17.7 Å². The third-order valence-electron chi connectivity index (χ3n) is 4.92. The maximum absolute atomic E-state index is 13.2. The van der Waals surface area contributed by atoms with E-state index in [4.69, 9.17) is 16.3 Å². The summed E-state index contributed by atoms with van der Waals surface area (Å²) >= 11 is 5.96. The molecule has 37 heavy (non-hydrogen) atoms. The second-order valence-electron chi connectivity index (χ2n) is 7.44. The molecule has 3 rings (SSSR count). The van der Waals surface area contributed by atoms with Gasteiger partial charge in [0.15, 0.2) is 0 Å². The van der Waals surface area contributed by atoms with Crippen molar-refractivity contribution in [2.75, 3.05) is 30.9 Å². The molecule has 10 nitrogen and oxygen atoms in total. The van der Waals surface area contributed by atoms with Gasteiger partial charge in [0.25, 0.3) is 15.9 Å². The van der Waals surface area contributed by atoms with E-state index >= 15 is 0 Å². The summed E-state index contributed by atoms with van der Waals surface area (Å²) in [4.78, 5) is 36.6. The second kappa shape index (κ2) is 11.8. The number of anilines is 2. The molecule has 0 radical (unpaired) electrons. The molecule has 0 aliphatic rings. The molecule has 2 N–H and O–H groups in total. The van der Waals surface area contributed by atoms with Crippen LogP contribution in [0, 0.1) is 0 Å². The fraction of sp³-hybridized carbons (Fsp3) is 0.160. The van der Waals surface area contributed by atoms with E-state index in [9.17, 15) is 22.8 Å². The highest BCUT2D eigenvalue weighted by Gasteiger charge is 2.21. The van der Waals surface area contributed by atoms with E-state index in [1.165, 1.54) is 42.5 Å². The maximum atomic E-state index is 13.2. The summed E-state index contributed by atoms with van der Waals surface area (Å²) in [5.41, 5.74) is 0.153. The van der Waals surface area contributed by atoms with E-state index in [2.05, 4.69) is 19.5 Å². The van der Waals surface area contributed by atoms with Crippen LogP contribution in [0.1, 0.15) is 38.0 Å². The van der Waals surface area contributed by atoms with Gasteiger partial charge in [-0.2, -0.15) is 0 Å². The van der Waals surface area contributed by atoms with Gasteiger partial charge in [-0.3, -0.25) is 9.52 Å². The molecule has 12 heteroatoms. The minimum atomic E-state index is -4.26. The minimum absolute atomic E-state index is 0.0655. The molecule has 0 atom stereocenters. The van der Waals surface area contributed by atoms with Gasteiger partial charge in [-0.25, -0.2) is 18.0 Å². The predicted molar refractivity (Wildman–Crippen MR) is 137 cm³/mol. The Morgan fingerprint density at radius 3 is 2.08 bits per heavy atom. The molecule has 0 spiro atoms. The van der Waals surface area contributed by atoms with Crippen LogP contribution in [-0.2, 0) is 19.5 Å². The average molecular weight is 547 g/mol. The molecule has 0 aliphatic heterocycles. The molecule has 1 amide bonds. The number of amides is 1. The van der Waals surface area contributed by atoms with Crippen molar-refractivity contribution in [3.05, 3.63) is 82.4 Å². The Bertz CT molecular complexity index is 1420. The van der Waals surface area contributed by atoms with Crippen LogP contribution in [0.5, 0.6) is 5.75 Å². The van der Waals surface area contributed by atoms with E-state index in [0.29, 0.717) is 5.02 Å². The number of methoxy groups -OCH3 is 2. The van der Waals surface area contributed by atoms with Crippen LogP contribution in [-0.4, -0.2) is 47.1 Å². The van der Waals surface area contributed by atoms with Gasteiger partial charge < -0.3 is 19.5 Å². The molecule has 194 valence electrons. The lowest BCUT2D eigenvalue weighted by Gasteiger charge is -2.15. The smallest absolute Gasteiger partial charge is 0.337 e. The Labute approximate surface area is 218 Å². The second-order valence-corrected chi connectivity index (χ2v) is 9.56. The molecule has 0 aromatic heterocycles. The van der Waals surface area contributed by atoms with Crippen molar-refractivity contribution in [2.45, 2.75) is 11.8 Å². The van der Waals surface area contributed by atoms with E-state index in [1.807, 2.05) is 0 Å². The van der Waals surface area contributed by atoms with Crippen LogP contribution in [0.15, 0.2) is 65.6 Å². The lowest BCUT2D eigenvalue weighted by Crippen LogP contribution is -2.17. The lowest BCUT2D eigenvalue weighted by atomic mass is 10.1. The quantitative estimate of drug-likeness (QED) is 0.377. The molecule has 0 saturated heterocycles. The number of ether oxygens (including phenoxy) is 3. The molecule has 0 heterocycles. The summed E-state index contributed by atoms with van der Waals surface area (Å²) in [5.74, 6) is -1.84. The summed E-state index contributed by atoms with van der Waals surface area (Å²) in [6, 6.07) is 13.8. The maximum Gasteiger partial charge on any atom is 0.337 e. The van der Waals surface area contributed by atoms with E-state index < -0.39 is 27.9 Å². The van der Waals surface area contributed by atoms with E-state index in [0.717, 1.165) is 14.2 Å². The minimum Gasteiger partial charge on any atom is -0.492 e. The van der Waals surface area contributed by atoms with Crippen LogP contribution in [0.2, 0.25) is 5.02 Å². The zero-order chi connectivity index (χ0) is 27.2. The third kappa shape index (κ3) is 6.78. The summed E-state index contributed by atoms with van der Waals surface area (Å²) in [6.07, 6.45) is 0. The molecule has 3 aromatic rings. The standard InChI is InChI=1S/C25H23ClN2O8S/c1-4-36-22-9-8-20(14-21(22)27-23(29)15-6-5-7-18(26)11-15)37(32,33)28-19-12-16(24(30)34-2)10-17(13-19)25(31)35-3/h5-14,28H,4H2,1-3H3,(H,27,29). The number of sulfonamides is 1.